The maximum Gasteiger partial charge on any atom is 0.307 e. The SMILES string of the molecule is Cn1cncc1[C@H]1[C@H](C(=O)O)C1(C)C. The highest BCUT2D eigenvalue weighted by Crippen LogP contribution is 2.64. The zero-order chi connectivity index (χ0) is 10.5. The molecule has 0 saturated heterocycles. The first kappa shape index (κ1) is 9.24. The molecular weight excluding hydrogens is 180 g/mol. The van der Waals surface area contributed by atoms with Crippen LogP contribution >= 0.6 is 0 Å². The maximum atomic E-state index is 11.0. The lowest BCUT2D eigenvalue weighted by Crippen LogP contribution is -2.03. The highest BCUT2D eigenvalue weighted by molar-refractivity contribution is 5.77. The molecule has 0 bridgehead atoms. The van der Waals surface area contributed by atoms with E-state index in [0.717, 1.165) is 5.69 Å². The van der Waals surface area contributed by atoms with E-state index in [0.29, 0.717) is 0 Å². The fourth-order valence-electron chi connectivity index (χ4n) is 2.32. The molecule has 0 aromatic carbocycles. The highest BCUT2D eigenvalue weighted by atomic mass is 16.4. The molecular formula is C10H14N2O2. The molecule has 1 aliphatic carbocycles. The summed E-state index contributed by atoms with van der Waals surface area (Å²) in [5.41, 5.74) is 0.877. The fourth-order valence-corrected chi connectivity index (χ4v) is 2.32. The van der Waals surface area contributed by atoms with E-state index in [1.54, 1.807) is 12.5 Å². The first-order chi connectivity index (χ1) is 6.46. The van der Waals surface area contributed by atoms with Crippen LogP contribution in [0.1, 0.15) is 25.5 Å². The van der Waals surface area contributed by atoms with Crippen LogP contribution in [-0.4, -0.2) is 20.6 Å². The standard InChI is InChI=1S/C10H14N2O2/c1-10(2)7(8(10)9(13)14)6-4-11-5-12(6)3/h4-5,7-8H,1-3H3,(H,13,14)/t7-,8+/m0/s1. The molecule has 2 rings (SSSR count). The van der Waals surface area contributed by atoms with Crippen molar-refractivity contribution >= 4 is 5.97 Å². The first-order valence-electron chi connectivity index (χ1n) is 4.65. The summed E-state index contributed by atoms with van der Waals surface area (Å²) in [5.74, 6) is -0.869. The van der Waals surface area contributed by atoms with Crippen LogP contribution in [0.3, 0.4) is 0 Å². The van der Waals surface area contributed by atoms with Gasteiger partial charge in [0.15, 0.2) is 0 Å². The molecule has 1 aromatic heterocycles. The van der Waals surface area contributed by atoms with Crippen molar-refractivity contribution in [1.29, 1.82) is 0 Å². The maximum absolute atomic E-state index is 11.0. The van der Waals surface area contributed by atoms with Crippen LogP contribution in [0.2, 0.25) is 0 Å². The summed E-state index contributed by atoms with van der Waals surface area (Å²) in [6, 6.07) is 0. The third-order valence-electron chi connectivity index (χ3n) is 3.27. The Morgan fingerprint density at radius 3 is 2.64 bits per heavy atom. The predicted octanol–water partition coefficient (Wildman–Crippen LogP) is 1.24. The lowest BCUT2D eigenvalue weighted by atomic mass is 10.1. The quantitative estimate of drug-likeness (QED) is 0.770. The molecule has 4 nitrogen and oxygen atoms in total. The number of rotatable bonds is 2. The number of nitrogens with zero attached hydrogens (tertiary/aromatic N) is 2. The minimum atomic E-state index is -0.707. The summed E-state index contributed by atoms with van der Waals surface area (Å²) in [6.45, 7) is 3.98. The topological polar surface area (TPSA) is 55.1 Å². The normalized spacial score (nSPS) is 28.8. The Labute approximate surface area is 82.6 Å². The van der Waals surface area contributed by atoms with Crippen molar-refractivity contribution in [1.82, 2.24) is 9.55 Å². The van der Waals surface area contributed by atoms with E-state index in [9.17, 15) is 4.79 Å². The lowest BCUT2D eigenvalue weighted by molar-refractivity contribution is -0.139. The van der Waals surface area contributed by atoms with Gasteiger partial charge < -0.3 is 9.67 Å². The molecule has 0 amide bonds. The Hall–Kier alpha value is -1.32. The average Bonchev–Trinajstić information content (AvgIpc) is 2.42. The van der Waals surface area contributed by atoms with Gasteiger partial charge in [-0.05, 0) is 5.41 Å². The van der Waals surface area contributed by atoms with Gasteiger partial charge in [0.25, 0.3) is 0 Å². The zero-order valence-corrected chi connectivity index (χ0v) is 8.56. The van der Waals surface area contributed by atoms with Crippen molar-refractivity contribution in [2.75, 3.05) is 0 Å². The number of hydrogen-bond donors (Lipinski definition) is 1. The van der Waals surface area contributed by atoms with Crippen LogP contribution in [0.5, 0.6) is 0 Å². The number of aliphatic carboxylic acids is 1. The highest BCUT2D eigenvalue weighted by Gasteiger charge is 2.63. The molecule has 1 aliphatic rings. The van der Waals surface area contributed by atoms with E-state index in [2.05, 4.69) is 4.98 Å². The molecule has 1 N–H and O–H groups in total. The van der Waals surface area contributed by atoms with Crippen LogP contribution in [0.25, 0.3) is 0 Å². The van der Waals surface area contributed by atoms with E-state index < -0.39 is 5.97 Å². The van der Waals surface area contributed by atoms with Gasteiger partial charge in [0.2, 0.25) is 0 Å². The molecule has 0 aliphatic heterocycles. The number of aromatic nitrogens is 2. The average molecular weight is 194 g/mol. The van der Waals surface area contributed by atoms with Crippen molar-refractivity contribution in [2.24, 2.45) is 18.4 Å². The molecule has 1 saturated carbocycles. The molecule has 14 heavy (non-hydrogen) atoms. The molecule has 2 atom stereocenters. The first-order valence-corrected chi connectivity index (χ1v) is 4.65. The van der Waals surface area contributed by atoms with E-state index in [-0.39, 0.29) is 17.3 Å². The molecule has 1 aromatic rings. The molecule has 0 spiro atoms. The molecule has 0 unspecified atom stereocenters. The third kappa shape index (κ3) is 1.06. The Bertz CT molecular complexity index is 381. The van der Waals surface area contributed by atoms with Crippen molar-refractivity contribution in [2.45, 2.75) is 19.8 Å². The van der Waals surface area contributed by atoms with Gasteiger partial charge in [0.05, 0.1) is 12.2 Å². The van der Waals surface area contributed by atoms with Crippen LogP contribution in [-0.2, 0) is 11.8 Å². The minimum absolute atomic E-state index is 0.104. The smallest absolute Gasteiger partial charge is 0.307 e. The monoisotopic (exact) mass is 194 g/mol. The molecule has 4 heteroatoms. The van der Waals surface area contributed by atoms with Gasteiger partial charge in [-0.15, -0.1) is 0 Å². The summed E-state index contributed by atoms with van der Waals surface area (Å²) in [7, 11) is 1.90. The largest absolute Gasteiger partial charge is 0.481 e. The number of carbonyl (C=O) groups is 1. The van der Waals surface area contributed by atoms with Gasteiger partial charge in [0.1, 0.15) is 0 Å². The van der Waals surface area contributed by atoms with E-state index >= 15 is 0 Å². The van der Waals surface area contributed by atoms with Gasteiger partial charge in [-0.1, -0.05) is 13.8 Å². The van der Waals surface area contributed by atoms with Crippen LogP contribution in [0.4, 0.5) is 0 Å². The molecule has 0 radical (unpaired) electrons. The predicted molar refractivity (Wildman–Crippen MR) is 50.9 cm³/mol. The summed E-state index contributed by atoms with van der Waals surface area (Å²) in [4.78, 5) is 15.0. The Morgan fingerprint density at radius 2 is 2.29 bits per heavy atom. The second-order valence-corrected chi connectivity index (χ2v) is 4.54. The fraction of sp³-hybridized carbons (Fsp3) is 0.600. The van der Waals surface area contributed by atoms with Crippen molar-refractivity contribution in [3.8, 4) is 0 Å². The Balaban J connectivity index is 2.32. The summed E-state index contributed by atoms with van der Waals surface area (Å²) < 4.78 is 1.90. The number of carboxylic acid groups (broad SMARTS) is 1. The van der Waals surface area contributed by atoms with E-state index in [4.69, 9.17) is 5.11 Å². The minimum Gasteiger partial charge on any atom is -0.481 e. The summed E-state index contributed by atoms with van der Waals surface area (Å²) >= 11 is 0. The van der Waals surface area contributed by atoms with E-state index in [1.165, 1.54) is 0 Å². The van der Waals surface area contributed by atoms with E-state index in [1.807, 2.05) is 25.5 Å². The van der Waals surface area contributed by atoms with Crippen LogP contribution in [0.15, 0.2) is 12.5 Å². The molecule has 76 valence electrons. The van der Waals surface area contributed by atoms with Crippen LogP contribution in [0, 0.1) is 11.3 Å². The summed E-state index contributed by atoms with van der Waals surface area (Å²) in [5, 5.41) is 9.02. The van der Waals surface area contributed by atoms with Crippen molar-refractivity contribution in [3.63, 3.8) is 0 Å². The van der Waals surface area contributed by atoms with Gasteiger partial charge >= 0.3 is 5.97 Å². The van der Waals surface area contributed by atoms with Crippen molar-refractivity contribution < 1.29 is 9.90 Å². The molecule has 1 fully saturated rings. The number of hydrogen-bond acceptors (Lipinski definition) is 2. The third-order valence-corrected chi connectivity index (χ3v) is 3.27. The van der Waals surface area contributed by atoms with Crippen LogP contribution < -0.4 is 0 Å². The second-order valence-electron chi connectivity index (χ2n) is 4.54. The lowest BCUT2D eigenvalue weighted by Gasteiger charge is -2.02. The van der Waals surface area contributed by atoms with Gasteiger partial charge in [-0.3, -0.25) is 4.79 Å². The Morgan fingerprint density at radius 1 is 1.64 bits per heavy atom. The van der Waals surface area contributed by atoms with Gasteiger partial charge in [-0.25, -0.2) is 4.98 Å². The number of imidazole rings is 1. The summed E-state index contributed by atoms with van der Waals surface area (Å²) in [6.07, 6.45) is 3.47. The molecule has 1 heterocycles. The van der Waals surface area contributed by atoms with Gasteiger partial charge in [0, 0.05) is 24.9 Å². The van der Waals surface area contributed by atoms with Gasteiger partial charge in [-0.2, -0.15) is 0 Å². The van der Waals surface area contributed by atoms with Crippen molar-refractivity contribution in [3.05, 3.63) is 18.2 Å². The number of carboxylic acids is 1. The number of aryl methyl sites for hydroxylation is 1. The Kier molecular flexibility index (Phi) is 1.71. The zero-order valence-electron chi connectivity index (χ0n) is 8.56. The second kappa shape index (κ2) is 2.59.